The van der Waals surface area contributed by atoms with E-state index in [4.69, 9.17) is 9.47 Å². The summed E-state index contributed by atoms with van der Waals surface area (Å²) in [5.41, 5.74) is 1.52. The quantitative estimate of drug-likeness (QED) is 0.410. The summed E-state index contributed by atoms with van der Waals surface area (Å²) in [6.07, 6.45) is 5.06. The molecule has 0 spiro atoms. The minimum Gasteiger partial charge on any atom is -0.461 e. The molecule has 6 atom stereocenters. The van der Waals surface area contributed by atoms with Crippen molar-refractivity contribution >= 4 is 11.9 Å². The Morgan fingerprint density at radius 3 is 1.28 bits per heavy atom. The highest BCUT2D eigenvalue weighted by Crippen LogP contribution is 2.60. The molecular formula is C30H48O6. The van der Waals surface area contributed by atoms with Gasteiger partial charge in [0.2, 0.25) is 0 Å². The molecule has 0 amide bonds. The zero-order chi connectivity index (χ0) is 27.4. The number of aliphatic hydroxyl groups excluding tert-OH is 2. The summed E-state index contributed by atoms with van der Waals surface area (Å²) < 4.78 is 10.7. The third kappa shape index (κ3) is 5.45. The lowest BCUT2D eigenvalue weighted by molar-refractivity contribution is -0.154. The van der Waals surface area contributed by atoms with E-state index in [1.165, 1.54) is 0 Å². The molecule has 204 valence electrons. The maximum absolute atomic E-state index is 11.8. The SMILES string of the molecule is CC(C)(C)C(=O)OCC1=CC(O)[C@@H]2C[C@H]1C2(C)C.CC(C)(C)C(=O)OCC1=CC(O)[C@H]2C[C@@H]1C2(C)C. The molecule has 6 aliphatic carbocycles. The number of fused-ring (bicyclic) bond motifs is 2. The Balaban J connectivity index is 0.000000201. The normalized spacial score (nSPS) is 33.4. The lowest BCUT2D eigenvalue weighted by Crippen LogP contribution is -2.54. The van der Waals surface area contributed by atoms with Gasteiger partial charge in [0, 0.05) is 0 Å². The predicted octanol–water partition coefficient (Wildman–Crippen LogP) is 5.08. The lowest BCUT2D eigenvalue weighted by Gasteiger charge is -2.58. The third-order valence-corrected chi connectivity index (χ3v) is 9.14. The van der Waals surface area contributed by atoms with Gasteiger partial charge in [-0.25, -0.2) is 0 Å². The second-order valence-electron chi connectivity index (χ2n) is 14.5. The number of carbonyl (C=O) groups is 2. The van der Waals surface area contributed by atoms with E-state index in [0.717, 1.165) is 24.0 Å². The Morgan fingerprint density at radius 2 is 1.06 bits per heavy atom. The van der Waals surface area contributed by atoms with Crippen molar-refractivity contribution in [2.75, 3.05) is 13.2 Å². The van der Waals surface area contributed by atoms with Crippen LogP contribution in [-0.2, 0) is 19.1 Å². The maximum atomic E-state index is 11.8. The average Bonchev–Trinajstić information content (AvgIpc) is 2.73. The molecule has 0 heterocycles. The van der Waals surface area contributed by atoms with Gasteiger partial charge in [-0.3, -0.25) is 9.59 Å². The van der Waals surface area contributed by atoms with Crippen LogP contribution in [0, 0.1) is 45.3 Å². The number of hydrogen-bond acceptors (Lipinski definition) is 6. The minimum atomic E-state index is -0.467. The Hall–Kier alpha value is -1.66. The van der Waals surface area contributed by atoms with Crippen molar-refractivity contribution in [2.45, 2.75) is 94.3 Å². The van der Waals surface area contributed by atoms with Crippen molar-refractivity contribution in [3.63, 3.8) is 0 Å². The van der Waals surface area contributed by atoms with Gasteiger partial charge in [-0.1, -0.05) is 39.8 Å². The standard InChI is InChI=1S/2C15H24O3/c2*1-14(2,3)13(17)18-8-9-6-12(16)11-7-10(9)15(11,4)5/h2*6,10-12,16H,7-8H2,1-5H3/t2*10-,11+,12?/m10/s1. The first kappa shape index (κ1) is 28.9. The average molecular weight is 505 g/mol. The van der Waals surface area contributed by atoms with E-state index in [1.54, 1.807) is 0 Å². The van der Waals surface area contributed by atoms with Crippen molar-refractivity contribution in [1.29, 1.82) is 0 Å². The molecule has 0 saturated heterocycles. The van der Waals surface area contributed by atoms with Crippen LogP contribution in [0.4, 0.5) is 0 Å². The molecule has 2 unspecified atom stereocenters. The van der Waals surface area contributed by atoms with Gasteiger partial charge in [-0.2, -0.15) is 0 Å². The van der Waals surface area contributed by atoms with Gasteiger partial charge in [0.15, 0.2) is 0 Å². The molecule has 0 aromatic rings. The fourth-order valence-corrected chi connectivity index (χ4v) is 6.27. The van der Waals surface area contributed by atoms with Crippen LogP contribution in [0.3, 0.4) is 0 Å². The molecule has 2 N–H and O–H groups in total. The number of aliphatic hydroxyl groups is 2. The van der Waals surface area contributed by atoms with Crippen molar-refractivity contribution in [3.05, 3.63) is 23.3 Å². The first-order valence-electron chi connectivity index (χ1n) is 13.4. The van der Waals surface area contributed by atoms with E-state index in [9.17, 15) is 19.8 Å². The molecule has 6 heteroatoms. The maximum Gasteiger partial charge on any atom is 0.311 e. The second kappa shape index (κ2) is 9.58. The Kier molecular flexibility index (Phi) is 7.69. The molecule has 2 saturated carbocycles. The molecule has 0 aromatic carbocycles. The van der Waals surface area contributed by atoms with Crippen molar-refractivity contribution in [2.24, 2.45) is 45.3 Å². The van der Waals surface area contributed by atoms with Gasteiger partial charge in [0.1, 0.15) is 13.2 Å². The number of ether oxygens (including phenoxy) is 2. The van der Waals surface area contributed by atoms with E-state index in [0.29, 0.717) is 36.9 Å². The van der Waals surface area contributed by atoms with E-state index < -0.39 is 10.8 Å². The van der Waals surface area contributed by atoms with Crippen LogP contribution in [-0.4, -0.2) is 47.6 Å². The molecule has 36 heavy (non-hydrogen) atoms. The topological polar surface area (TPSA) is 93.1 Å². The van der Waals surface area contributed by atoms with Crippen LogP contribution >= 0.6 is 0 Å². The predicted molar refractivity (Wildman–Crippen MR) is 140 cm³/mol. The molecule has 6 nitrogen and oxygen atoms in total. The lowest BCUT2D eigenvalue weighted by atomic mass is 9.48. The van der Waals surface area contributed by atoms with Crippen molar-refractivity contribution in [3.8, 4) is 0 Å². The first-order valence-corrected chi connectivity index (χ1v) is 13.4. The molecule has 4 bridgehead atoms. The summed E-state index contributed by atoms with van der Waals surface area (Å²) in [4.78, 5) is 23.5. The molecule has 6 rings (SSSR count). The fraction of sp³-hybridized carbons (Fsp3) is 0.800. The molecule has 6 aliphatic rings. The van der Waals surface area contributed by atoms with Crippen LogP contribution in [0.5, 0.6) is 0 Å². The van der Waals surface area contributed by atoms with Crippen LogP contribution in [0.25, 0.3) is 0 Å². The molecular weight excluding hydrogens is 456 g/mol. The smallest absolute Gasteiger partial charge is 0.311 e. The summed E-state index contributed by atoms with van der Waals surface area (Å²) in [7, 11) is 0. The van der Waals surface area contributed by atoms with Gasteiger partial charge in [-0.15, -0.1) is 0 Å². The highest BCUT2D eigenvalue weighted by atomic mass is 16.5. The van der Waals surface area contributed by atoms with Gasteiger partial charge < -0.3 is 19.7 Å². The van der Waals surface area contributed by atoms with E-state index in [2.05, 4.69) is 27.7 Å². The van der Waals surface area contributed by atoms with Crippen molar-refractivity contribution in [1.82, 2.24) is 0 Å². The largest absolute Gasteiger partial charge is 0.461 e. The Morgan fingerprint density at radius 1 is 0.750 bits per heavy atom. The molecule has 0 aromatic heterocycles. The zero-order valence-corrected chi connectivity index (χ0v) is 24.0. The van der Waals surface area contributed by atoms with Crippen LogP contribution < -0.4 is 0 Å². The molecule has 0 aliphatic heterocycles. The minimum absolute atomic E-state index is 0.137. The second-order valence-corrected chi connectivity index (χ2v) is 14.5. The molecule has 2 fully saturated rings. The van der Waals surface area contributed by atoms with Crippen LogP contribution in [0.1, 0.15) is 82.1 Å². The van der Waals surface area contributed by atoms with Gasteiger partial charge in [0.25, 0.3) is 0 Å². The van der Waals surface area contributed by atoms with Gasteiger partial charge in [-0.05, 0) is 100 Å². The van der Waals surface area contributed by atoms with Crippen LogP contribution in [0.15, 0.2) is 23.3 Å². The van der Waals surface area contributed by atoms with Gasteiger partial charge in [0.05, 0.1) is 23.0 Å². The summed E-state index contributed by atoms with van der Waals surface area (Å²) in [5, 5.41) is 20.1. The zero-order valence-electron chi connectivity index (χ0n) is 24.0. The van der Waals surface area contributed by atoms with Crippen molar-refractivity contribution < 1.29 is 29.3 Å². The highest BCUT2D eigenvalue weighted by molar-refractivity contribution is 5.76. The summed E-state index contributed by atoms with van der Waals surface area (Å²) >= 11 is 0. The number of rotatable bonds is 4. The van der Waals surface area contributed by atoms with Gasteiger partial charge >= 0.3 is 11.9 Å². The van der Waals surface area contributed by atoms with E-state index in [-0.39, 0.29) is 35.0 Å². The first-order chi connectivity index (χ1) is 16.3. The Labute approximate surface area is 217 Å². The third-order valence-electron chi connectivity index (χ3n) is 9.14. The Bertz CT molecular complexity index is 850. The van der Waals surface area contributed by atoms with Crippen LogP contribution in [0.2, 0.25) is 0 Å². The van der Waals surface area contributed by atoms with E-state index in [1.807, 2.05) is 53.7 Å². The summed E-state index contributed by atoms with van der Waals surface area (Å²) in [5.74, 6) is 1.28. The fourth-order valence-electron chi connectivity index (χ4n) is 6.27. The molecule has 0 radical (unpaired) electrons. The monoisotopic (exact) mass is 504 g/mol. The number of esters is 2. The summed E-state index contributed by atoms with van der Waals surface area (Å²) in [6.45, 7) is 20.5. The number of hydrogen-bond donors (Lipinski definition) is 2. The number of carbonyl (C=O) groups excluding carboxylic acids is 2. The van der Waals surface area contributed by atoms with E-state index >= 15 is 0 Å². The summed E-state index contributed by atoms with van der Waals surface area (Å²) in [6, 6.07) is 0. The highest BCUT2D eigenvalue weighted by Gasteiger charge is 2.56.